The first kappa shape index (κ1) is 29.0. The molecule has 206 valence electrons. The fourth-order valence-electron chi connectivity index (χ4n) is 4.93. The lowest BCUT2D eigenvalue weighted by atomic mass is 9.93. The summed E-state index contributed by atoms with van der Waals surface area (Å²) in [4.78, 5) is 0. The molecule has 2 heterocycles. The molecule has 0 unspecified atom stereocenters. The molecule has 0 aliphatic carbocycles. The monoisotopic (exact) mass is 536 g/mol. The normalized spacial score (nSPS) is 14.6. The SMILES string of the molecule is C=C1C=C(C(F)(F)F)c2c(ccc3c2c(C)c(C)n3CCCCCCCCCCC(F)(F)C(F)(F)F)N1. The number of aryl methyl sites for hydroxylation is 2. The van der Waals surface area contributed by atoms with Gasteiger partial charge in [0, 0.05) is 46.5 Å². The Balaban J connectivity index is 1.53. The number of unbranched alkanes of at least 4 members (excludes halogenated alkanes) is 7. The molecule has 1 aromatic heterocycles. The maximum atomic E-state index is 13.9. The van der Waals surface area contributed by atoms with Gasteiger partial charge in [0.05, 0.1) is 5.57 Å². The van der Waals surface area contributed by atoms with E-state index in [9.17, 15) is 35.1 Å². The van der Waals surface area contributed by atoms with E-state index in [1.807, 2.05) is 24.5 Å². The molecule has 2 nitrogen and oxygen atoms in total. The van der Waals surface area contributed by atoms with E-state index in [0.29, 0.717) is 30.5 Å². The van der Waals surface area contributed by atoms with Crippen molar-refractivity contribution in [3.63, 3.8) is 0 Å². The quantitative estimate of drug-likeness (QED) is 0.223. The minimum absolute atomic E-state index is 0.143. The van der Waals surface area contributed by atoms with Gasteiger partial charge in [-0.2, -0.15) is 35.1 Å². The molecule has 2 aromatic rings. The molecule has 0 bridgehead atoms. The first-order chi connectivity index (χ1) is 17.1. The van der Waals surface area contributed by atoms with Crippen molar-refractivity contribution in [3.05, 3.63) is 47.3 Å². The molecule has 1 N–H and O–H groups in total. The van der Waals surface area contributed by atoms with E-state index in [0.717, 1.165) is 55.0 Å². The summed E-state index contributed by atoms with van der Waals surface area (Å²) < 4.78 is 106. The lowest BCUT2D eigenvalue weighted by Gasteiger charge is -2.24. The summed E-state index contributed by atoms with van der Waals surface area (Å²) >= 11 is 0. The molecule has 0 saturated carbocycles. The van der Waals surface area contributed by atoms with Crippen LogP contribution in [0.15, 0.2) is 30.5 Å². The molecule has 1 aliphatic heterocycles. The number of nitrogens with one attached hydrogen (secondary N) is 1. The van der Waals surface area contributed by atoms with Crippen LogP contribution < -0.4 is 5.32 Å². The molecular weight excluding hydrogens is 504 g/mol. The van der Waals surface area contributed by atoms with Gasteiger partial charge in [-0.25, -0.2) is 0 Å². The van der Waals surface area contributed by atoms with Crippen molar-refractivity contribution in [2.45, 2.75) is 96.5 Å². The van der Waals surface area contributed by atoms with Gasteiger partial charge in [0.1, 0.15) is 0 Å². The van der Waals surface area contributed by atoms with Crippen LogP contribution in [0.3, 0.4) is 0 Å². The van der Waals surface area contributed by atoms with Crippen molar-refractivity contribution in [2.75, 3.05) is 5.32 Å². The molecule has 1 aliphatic rings. The van der Waals surface area contributed by atoms with Crippen LogP contribution in [0.5, 0.6) is 0 Å². The second-order valence-corrected chi connectivity index (χ2v) is 9.73. The Labute approximate surface area is 211 Å². The second kappa shape index (κ2) is 11.1. The number of allylic oxidation sites excluding steroid dienone is 2. The van der Waals surface area contributed by atoms with Gasteiger partial charge in [-0.15, -0.1) is 0 Å². The van der Waals surface area contributed by atoms with E-state index in [1.54, 1.807) is 6.07 Å². The predicted octanol–water partition coefficient (Wildman–Crippen LogP) is 9.85. The van der Waals surface area contributed by atoms with Crippen molar-refractivity contribution in [3.8, 4) is 0 Å². The van der Waals surface area contributed by atoms with Crippen LogP contribution in [-0.4, -0.2) is 22.8 Å². The Morgan fingerprint density at radius 1 is 0.811 bits per heavy atom. The van der Waals surface area contributed by atoms with E-state index >= 15 is 0 Å². The minimum Gasteiger partial charge on any atom is -0.355 e. The van der Waals surface area contributed by atoms with Crippen LogP contribution in [0.2, 0.25) is 0 Å². The van der Waals surface area contributed by atoms with Crippen molar-refractivity contribution >= 4 is 22.2 Å². The maximum absolute atomic E-state index is 13.9. The number of hydrogen-bond acceptors (Lipinski definition) is 1. The van der Waals surface area contributed by atoms with Gasteiger partial charge < -0.3 is 9.88 Å². The van der Waals surface area contributed by atoms with Crippen LogP contribution >= 0.6 is 0 Å². The molecule has 0 fully saturated rings. The lowest BCUT2D eigenvalue weighted by molar-refractivity contribution is -0.284. The molecule has 10 heteroatoms. The summed E-state index contributed by atoms with van der Waals surface area (Å²) in [5.41, 5.74) is 2.46. The van der Waals surface area contributed by atoms with Crippen LogP contribution in [0, 0.1) is 13.8 Å². The third-order valence-corrected chi connectivity index (χ3v) is 7.02. The Kier molecular flexibility index (Phi) is 8.69. The van der Waals surface area contributed by atoms with Crippen molar-refractivity contribution < 1.29 is 35.1 Å². The third-order valence-electron chi connectivity index (χ3n) is 7.02. The number of alkyl halides is 8. The van der Waals surface area contributed by atoms with Crippen molar-refractivity contribution in [1.82, 2.24) is 4.57 Å². The van der Waals surface area contributed by atoms with Gasteiger partial charge in [-0.1, -0.05) is 45.1 Å². The average molecular weight is 537 g/mol. The summed E-state index contributed by atoms with van der Waals surface area (Å²) in [6, 6.07) is 3.48. The van der Waals surface area contributed by atoms with Gasteiger partial charge in [0.25, 0.3) is 0 Å². The summed E-state index contributed by atoms with van der Waals surface area (Å²) in [6.07, 6.45) is -5.17. The van der Waals surface area contributed by atoms with Gasteiger partial charge in [0.2, 0.25) is 0 Å². The van der Waals surface area contributed by atoms with Crippen LogP contribution in [0.4, 0.5) is 40.8 Å². The van der Waals surface area contributed by atoms with E-state index in [1.165, 1.54) is 0 Å². The van der Waals surface area contributed by atoms with Gasteiger partial charge in [-0.05, 0) is 50.5 Å². The smallest absolute Gasteiger partial charge is 0.355 e. The Morgan fingerprint density at radius 2 is 1.38 bits per heavy atom. The molecule has 37 heavy (non-hydrogen) atoms. The number of rotatable bonds is 11. The number of aromatic nitrogens is 1. The fourth-order valence-corrected chi connectivity index (χ4v) is 4.93. The van der Waals surface area contributed by atoms with Crippen LogP contribution in [0.1, 0.15) is 74.6 Å². The first-order valence-electron chi connectivity index (χ1n) is 12.5. The largest absolute Gasteiger partial charge is 0.453 e. The van der Waals surface area contributed by atoms with E-state index < -0.39 is 30.3 Å². The number of hydrogen-bond donors (Lipinski definition) is 1. The topological polar surface area (TPSA) is 17.0 Å². The zero-order valence-electron chi connectivity index (χ0n) is 21.0. The second-order valence-electron chi connectivity index (χ2n) is 9.73. The lowest BCUT2D eigenvalue weighted by Crippen LogP contribution is -2.36. The highest BCUT2D eigenvalue weighted by atomic mass is 19.4. The number of halogens is 8. The molecule has 1 aromatic carbocycles. The van der Waals surface area contributed by atoms with Gasteiger partial charge in [0.15, 0.2) is 0 Å². The fraction of sp³-hybridized carbons (Fsp3) is 0.556. The van der Waals surface area contributed by atoms with Crippen molar-refractivity contribution in [2.24, 2.45) is 0 Å². The molecule has 0 atom stereocenters. The Bertz CT molecular complexity index is 1150. The number of anilines is 1. The highest BCUT2D eigenvalue weighted by Gasteiger charge is 2.56. The zero-order chi connectivity index (χ0) is 27.6. The summed E-state index contributed by atoms with van der Waals surface area (Å²) in [7, 11) is 0. The van der Waals surface area contributed by atoms with Gasteiger partial charge >= 0.3 is 18.3 Å². The zero-order valence-corrected chi connectivity index (χ0v) is 21.0. The minimum atomic E-state index is -5.49. The maximum Gasteiger partial charge on any atom is 0.453 e. The first-order valence-corrected chi connectivity index (χ1v) is 12.5. The highest BCUT2D eigenvalue weighted by Crippen LogP contribution is 2.46. The standard InChI is InChI=1S/C27H32F8N2/c1-17-16-20(26(30,31)32)24-21(36-17)12-13-22-23(24)18(2)19(3)37(22)15-11-9-7-5-4-6-8-10-14-25(28,29)27(33,34)35/h12-13,16,36H,1,4-11,14-15H2,2-3H3. The highest BCUT2D eigenvalue weighted by molar-refractivity contribution is 6.04. The molecular formula is C27H32F8N2. The summed E-state index contributed by atoms with van der Waals surface area (Å²) in [5, 5.41) is 3.52. The molecule has 0 radical (unpaired) electrons. The Morgan fingerprint density at radius 3 is 1.95 bits per heavy atom. The molecule has 3 rings (SSSR count). The van der Waals surface area contributed by atoms with Gasteiger partial charge in [-0.3, -0.25) is 0 Å². The van der Waals surface area contributed by atoms with Crippen LogP contribution in [0.25, 0.3) is 16.5 Å². The van der Waals surface area contributed by atoms with E-state index in [-0.39, 0.29) is 17.7 Å². The van der Waals surface area contributed by atoms with E-state index in [4.69, 9.17) is 0 Å². The van der Waals surface area contributed by atoms with Crippen molar-refractivity contribution in [1.29, 1.82) is 0 Å². The third kappa shape index (κ3) is 6.49. The summed E-state index contributed by atoms with van der Waals surface area (Å²) in [6.45, 7) is 8.02. The predicted molar refractivity (Wildman–Crippen MR) is 131 cm³/mol. The number of benzene rings is 1. The van der Waals surface area contributed by atoms with E-state index in [2.05, 4.69) is 11.9 Å². The average Bonchev–Trinajstić information content (AvgIpc) is 3.02. The molecule has 0 spiro atoms. The molecule has 0 amide bonds. The number of fused-ring (bicyclic) bond motifs is 3. The Hall–Kier alpha value is -2.52. The van der Waals surface area contributed by atoms with Crippen LogP contribution in [-0.2, 0) is 6.54 Å². The number of nitrogens with zero attached hydrogens (tertiary/aromatic N) is 1. The molecule has 0 saturated heterocycles. The summed E-state index contributed by atoms with van der Waals surface area (Å²) in [5.74, 6) is -4.62.